The highest BCUT2D eigenvalue weighted by molar-refractivity contribution is 7.39. The van der Waals surface area contributed by atoms with Gasteiger partial charge in [0.15, 0.2) is 6.16 Å². The summed E-state index contributed by atoms with van der Waals surface area (Å²) >= 11 is 0. The summed E-state index contributed by atoms with van der Waals surface area (Å²) in [7, 11) is 2.53. The fourth-order valence-corrected chi connectivity index (χ4v) is 5.67. The summed E-state index contributed by atoms with van der Waals surface area (Å²) in [4.78, 5) is 26.1. The van der Waals surface area contributed by atoms with Crippen LogP contribution in [-0.2, 0) is 38.1 Å². The number of aryl methyl sites for hydroxylation is 1. The van der Waals surface area contributed by atoms with Gasteiger partial charge in [-0.05, 0) is 70.7 Å². The number of amides is 2. The second-order valence-corrected chi connectivity index (χ2v) is 11.9. The lowest BCUT2D eigenvalue weighted by atomic mass is 9.91. The molecule has 0 radical (unpaired) electrons. The number of anilines is 1. The van der Waals surface area contributed by atoms with Crippen molar-refractivity contribution in [2.45, 2.75) is 45.2 Å². The molecule has 0 saturated carbocycles. The molecule has 4 unspecified atom stereocenters. The van der Waals surface area contributed by atoms with Gasteiger partial charge in [0.2, 0.25) is 11.8 Å². The molecular formula is C33H43N3O5P+. The highest BCUT2D eigenvalue weighted by Gasteiger charge is 2.33. The Hall–Kier alpha value is -3.74. The first-order chi connectivity index (χ1) is 20.3. The van der Waals surface area contributed by atoms with E-state index in [2.05, 4.69) is 59.3 Å². The average molecular weight is 593 g/mol. The van der Waals surface area contributed by atoms with Crippen LogP contribution in [0.3, 0.4) is 0 Å². The van der Waals surface area contributed by atoms with E-state index < -0.39 is 20.0 Å². The summed E-state index contributed by atoms with van der Waals surface area (Å²) in [5, 5.41) is 9.04. The van der Waals surface area contributed by atoms with E-state index >= 15 is 0 Å². The van der Waals surface area contributed by atoms with E-state index in [0.29, 0.717) is 18.6 Å². The Kier molecular flexibility index (Phi) is 13.5. The van der Waals surface area contributed by atoms with Gasteiger partial charge in [0.05, 0.1) is 20.1 Å². The SMILES string of the molecule is CNC(=O)C(Cc1ccc(OC)cc1)NC(=O)C(CC(C)CCc1cccc(NCc2ccccc2)c1)C[P+](=O)OC. The summed E-state index contributed by atoms with van der Waals surface area (Å²) in [5.41, 5.74) is 4.38. The Labute approximate surface area is 250 Å². The number of nitrogens with one attached hydrogen (secondary N) is 3. The van der Waals surface area contributed by atoms with Crippen LogP contribution >= 0.6 is 8.03 Å². The van der Waals surface area contributed by atoms with Crippen LogP contribution in [0.15, 0.2) is 78.9 Å². The van der Waals surface area contributed by atoms with Crippen molar-refractivity contribution in [2.24, 2.45) is 11.8 Å². The van der Waals surface area contributed by atoms with Gasteiger partial charge in [0.25, 0.3) is 0 Å². The fourth-order valence-electron chi connectivity index (χ4n) is 4.84. The average Bonchev–Trinajstić information content (AvgIpc) is 3.02. The molecule has 3 N–H and O–H groups in total. The zero-order valence-corrected chi connectivity index (χ0v) is 25.9. The molecule has 0 spiro atoms. The van der Waals surface area contributed by atoms with Crippen molar-refractivity contribution in [2.75, 3.05) is 32.7 Å². The highest BCUT2D eigenvalue weighted by atomic mass is 31.1. The second kappa shape index (κ2) is 17.3. The minimum atomic E-state index is -1.99. The zero-order valence-electron chi connectivity index (χ0n) is 25.0. The third-order valence-corrected chi connectivity index (χ3v) is 8.45. The normalized spacial score (nSPS) is 13.4. The standard InChI is InChI=1S/C33H42N3O5P/c1-24(13-14-25-11-8-12-29(20-25)35-22-27-9-6-5-7-10-27)19-28(23-42(39)41-4)32(37)36-31(33(38)34-2)21-26-15-17-30(40-3)18-16-26/h5-12,15-18,20,24,28,31,35H,13-14,19,21-23H2,1-4H3,(H-,34,36,37,38)/p+1. The van der Waals surface area contributed by atoms with Gasteiger partial charge in [-0.1, -0.05) is 61.5 Å². The van der Waals surface area contributed by atoms with Crippen LogP contribution in [0, 0.1) is 11.8 Å². The molecule has 4 atom stereocenters. The van der Waals surface area contributed by atoms with Gasteiger partial charge in [-0.15, -0.1) is 4.52 Å². The maximum atomic E-state index is 13.5. The summed E-state index contributed by atoms with van der Waals surface area (Å²) in [6.07, 6.45) is 2.67. The van der Waals surface area contributed by atoms with Gasteiger partial charge in [0, 0.05) is 25.7 Å². The minimum Gasteiger partial charge on any atom is -0.497 e. The molecule has 0 saturated heterocycles. The Morgan fingerprint density at radius 1 is 0.881 bits per heavy atom. The van der Waals surface area contributed by atoms with E-state index in [4.69, 9.17) is 9.26 Å². The number of ether oxygens (including phenoxy) is 1. The van der Waals surface area contributed by atoms with Crippen LogP contribution < -0.4 is 20.7 Å². The van der Waals surface area contributed by atoms with Crippen molar-refractivity contribution in [3.05, 3.63) is 95.6 Å². The van der Waals surface area contributed by atoms with E-state index in [9.17, 15) is 14.2 Å². The van der Waals surface area contributed by atoms with Crippen LogP contribution in [0.1, 0.15) is 36.5 Å². The van der Waals surface area contributed by atoms with Crippen molar-refractivity contribution in [1.82, 2.24) is 10.6 Å². The zero-order chi connectivity index (χ0) is 30.3. The number of likely N-dealkylation sites (N-methyl/N-ethyl adjacent to an activating group) is 1. The van der Waals surface area contributed by atoms with E-state index in [0.717, 1.165) is 30.6 Å². The van der Waals surface area contributed by atoms with E-state index in [-0.39, 0.29) is 23.9 Å². The maximum absolute atomic E-state index is 13.5. The van der Waals surface area contributed by atoms with Crippen molar-refractivity contribution >= 4 is 25.5 Å². The number of carbonyl (C=O) groups is 2. The molecule has 3 aromatic carbocycles. The van der Waals surface area contributed by atoms with Crippen LogP contribution in [0.2, 0.25) is 0 Å². The monoisotopic (exact) mass is 592 g/mol. The van der Waals surface area contributed by atoms with Crippen molar-refractivity contribution in [1.29, 1.82) is 0 Å². The third kappa shape index (κ3) is 10.9. The first-order valence-corrected chi connectivity index (χ1v) is 15.7. The Morgan fingerprint density at radius 3 is 2.26 bits per heavy atom. The predicted octanol–water partition coefficient (Wildman–Crippen LogP) is 5.74. The minimum absolute atomic E-state index is 0.101. The fraction of sp³-hybridized carbons (Fsp3) is 0.394. The highest BCUT2D eigenvalue weighted by Crippen LogP contribution is 2.29. The molecule has 0 aliphatic rings. The molecule has 42 heavy (non-hydrogen) atoms. The molecule has 0 aromatic heterocycles. The molecule has 9 heteroatoms. The Morgan fingerprint density at radius 2 is 1.60 bits per heavy atom. The predicted molar refractivity (Wildman–Crippen MR) is 168 cm³/mol. The number of carbonyl (C=O) groups excluding carboxylic acids is 2. The lowest BCUT2D eigenvalue weighted by molar-refractivity contribution is -0.130. The lowest BCUT2D eigenvalue weighted by Crippen LogP contribution is -2.49. The molecule has 0 fully saturated rings. The molecule has 8 nitrogen and oxygen atoms in total. The summed E-state index contributed by atoms with van der Waals surface area (Å²) in [5.74, 6) is -0.237. The first-order valence-electron chi connectivity index (χ1n) is 14.3. The Balaban J connectivity index is 1.60. The molecule has 0 aliphatic heterocycles. The van der Waals surface area contributed by atoms with Crippen molar-refractivity contribution in [3.8, 4) is 5.75 Å². The lowest BCUT2D eigenvalue weighted by Gasteiger charge is -2.22. The molecular weight excluding hydrogens is 549 g/mol. The summed E-state index contributed by atoms with van der Waals surface area (Å²) < 4.78 is 22.6. The van der Waals surface area contributed by atoms with Gasteiger partial charge in [-0.2, -0.15) is 0 Å². The quantitative estimate of drug-likeness (QED) is 0.173. The van der Waals surface area contributed by atoms with Gasteiger partial charge in [0.1, 0.15) is 11.8 Å². The number of benzene rings is 3. The molecule has 0 bridgehead atoms. The number of methoxy groups -OCH3 is 1. The van der Waals surface area contributed by atoms with Gasteiger partial charge < -0.3 is 20.7 Å². The topological polar surface area (TPSA) is 106 Å². The largest absolute Gasteiger partial charge is 0.508 e. The molecule has 0 heterocycles. The number of rotatable bonds is 17. The van der Waals surface area contributed by atoms with E-state index in [1.54, 1.807) is 14.2 Å². The van der Waals surface area contributed by atoms with Crippen molar-refractivity contribution in [3.63, 3.8) is 0 Å². The van der Waals surface area contributed by atoms with Crippen LogP contribution in [0.25, 0.3) is 0 Å². The molecule has 3 rings (SSSR count). The van der Waals surface area contributed by atoms with Gasteiger partial charge in [-0.3, -0.25) is 9.59 Å². The van der Waals surface area contributed by atoms with Crippen molar-refractivity contribution < 1.29 is 23.4 Å². The second-order valence-electron chi connectivity index (χ2n) is 10.5. The van der Waals surface area contributed by atoms with Crippen LogP contribution in [-0.4, -0.2) is 45.3 Å². The molecule has 0 aliphatic carbocycles. The van der Waals surface area contributed by atoms with Crippen LogP contribution in [0.4, 0.5) is 5.69 Å². The molecule has 2 amide bonds. The molecule has 224 valence electrons. The number of hydrogen-bond acceptors (Lipinski definition) is 6. The smallest absolute Gasteiger partial charge is 0.497 e. The van der Waals surface area contributed by atoms with E-state index in [1.807, 2.05) is 42.5 Å². The summed E-state index contributed by atoms with van der Waals surface area (Å²) in [6, 6.07) is 25.3. The van der Waals surface area contributed by atoms with E-state index in [1.165, 1.54) is 18.2 Å². The number of hydrogen-bond donors (Lipinski definition) is 3. The molecule has 3 aromatic rings. The Bertz CT molecular complexity index is 1290. The maximum Gasteiger partial charge on any atom is 0.508 e. The van der Waals surface area contributed by atoms with Gasteiger partial charge >= 0.3 is 8.03 Å². The first kappa shape index (κ1) is 32.8. The van der Waals surface area contributed by atoms with Gasteiger partial charge in [-0.25, -0.2) is 0 Å². The third-order valence-electron chi connectivity index (χ3n) is 7.30. The van der Waals surface area contributed by atoms with Crippen LogP contribution in [0.5, 0.6) is 5.75 Å². The summed E-state index contributed by atoms with van der Waals surface area (Å²) in [6.45, 7) is 2.86.